The first-order valence-electron chi connectivity index (χ1n) is 8.07. The van der Waals surface area contributed by atoms with E-state index >= 15 is 0 Å². The molecule has 118 valence electrons. The van der Waals surface area contributed by atoms with Crippen LogP contribution in [-0.2, 0) is 17.7 Å². The van der Waals surface area contributed by atoms with Gasteiger partial charge < -0.3 is 4.74 Å². The Morgan fingerprint density at radius 3 is 3.05 bits per heavy atom. The van der Waals surface area contributed by atoms with E-state index in [0.29, 0.717) is 0 Å². The van der Waals surface area contributed by atoms with E-state index in [9.17, 15) is 0 Å². The summed E-state index contributed by atoms with van der Waals surface area (Å²) in [6.07, 6.45) is 7.17. The third-order valence-electron chi connectivity index (χ3n) is 4.38. The van der Waals surface area contributed by atoms with Crippen LogP contribution in [0.25, 0.3) is 0 Å². The molecule has 1 atom stereocenters. The Bertz CT molecular complexity index is 558. The minimum absolute atomic E-state index is 0.0287. The zero-order valence-electron chi connectivity index (χ0n) is 13.2. The predicted molar refractivity (Wildman–Crippen MR) is 91.1 cm³/mol. The van der Waals surface area contributed by atoms with Gasteiger partial charge in [0.2, 0.25) is 0 Å². The lowest BCUT2D eigenvalue weighted by Crippen LogP contribution is -2.37. The maximum Gasteiger partial charge on any atom is 0.0824 e. The van der Waals surface area contributed by atoms with E-state index in [1.807, 2.05) is 29.8 Å². The van der Waals surface area contributed by atoms with Gasteiger partial charge in [0, 0.05) is 43.5 Å². The molecular weight excluding hydrogens is 292 g/mol. The molecule has 1 saturated heterocycles. The molecule has 0 aromatic carbocycles. The van der Waals surface area contributed by atoms with Gasteiger partial charge in [-0.1, -0.05) is 12.1 Å². The summed E-state index contributed by atoms with van der Waals surface area (Å²) in [5.41, 5.74) is 1.31. The maximum atomic E-state index is 6.20. The normalized spacial score (nSPS) is 22.2. The van der Waals surface area contributed by atoms with Crippen molar-refractivity contribution in [1.29, 1.82) is 0 Å². The van der Waals surface area contributed by atoms with Crippen molar-refractivity contribution in [3.63, 3.8) is 0 Å². The van der Waals surface area contributed by atoms with Gasteiger partial charge in [0.25, 0.3) is 0 Å². The quantitative estimate of drug-likeness (QED) is 0.778. The number of hydrogen-bond acceptors (Lipinski definition) is 4. The van der Waals surface area contributed by atoms with Crippen LogP contribution in [0.4, 0.5) is 0 Å². The van der Waals surface area contributed by atoms with Crippen LogP contribution in [-0.4, -0.2) is 35.2 Å². The molecule has 1 fully saturated rings. The third kappa shape index (κ3) is 3.94. The molecule has 3 rings (SSSR count). The summed E-state index contributed by atoms with van der Waals surface area (Å²) in [6, 6.07) is 8.53. The molecule has 2 aromatic rings. The van der Waals surface area contributed by atoms with E-state index in [0.717, 1.165) is 45.5 Å². The van der Waals surface area contributed by atoms with Crippen LogP contribution in [0, 0.1) is 0 Å². The fourth-order valence-electron chi connectivity index (χ4n) is 3.32. The van der Waals surface area contributed by atoms with E-state index < -0.39 is 0 Å². The van der Waals surface area contributed by atoms with Crippen molar-refractivity contribution < 1.29 is 4.74 Å². The summed E-state index contributed by atoms with van der Waals surface area (Å²) in [4.78, 5) is 8.18. The van der Waals surface area contributed by atoms with E-state index in [2.05, 4.69) is 40.4 Å². The Morgan fingerprint density at radius 2 is 2.32 bits per heavy atom. The van der Waals surface area contributed by atoms with E-state index in [-0.39, 0.29) is 5.60 Å². The van der Waals surface area contributed by atoms with Gasteiger partial charge in [-0.3, -0.25) is 9.88 Å². The summed E-state index contributed by atoms with van der Waals surface area (Å²) in [5.74, 6) is 0. The molecule has 3 heterocycles. The number of hydrogen-bond donors (Lipinski definition) is 0. The fraction of sp³-hybridized carbons (Fsp3) is 0.500. The number of likely N-dealkylation sites (tertiary alicyclic amines) is 1. The molecule has 0 saturated carbocycles. The van der Waals surface area contributed by atoms with Gasteiger partial charge in [0.15, 0.2) is 0 Å². The van der Waals surface area contributed by atoms with Crippen molar-refractivity contribution in [3.05, 3.63) is 52.5 Å². The highest BCUT2D eigenvalue weighted by molar-refractivity contribution is 7.09. The van der Waals surface area contributed by atoms with E-state index in [1.165, 1.54) is 10.4 Å². The summed E-state index contributed by atoms with van der Waals surface area (Å²) in [7, 11) is 0. The topological polar surface area (TPSA) is 25.4 Å². The maximum absolute atomic E-state index is 6.20. The van der Waals surface area contributed by atoms with Crippen LogP contribution in [0.1, 0.15) is 30.2 Å². The Morgan fingerprint density at radius 1 is 1.36 bits per heavy atom. The second kappa shape index (κ2) is 7.36. The molecule has 3 nitrogen and oxygen atoms in total. The molecule has 0 radical (unpaired) electrons. The number of rotatable bonds is 7. The molecule has 1 unspecified atom stereocenters. The molecule has 1 aliphatic rings. The molecule has 2 aromatic heterocycles. The Balaban J connectivity index is 1.60. The largest absolute Gasteiger partial charge is 0.374 e. The summed E-state index contributed by atoms with van der Waals surface area (Å²) < 4.78 is 6.20. The van der Waals surface area contributed by atoms with Crippen molar-refractivity contribution in [2.75, 3.05) is 19.7 Å². The van der Waals surface area contributed by atoms with E-state index in [4.69, 9.17) is 4.74 Å². The number of aryl methyl sites for hydroxylation is 1. The summed E-state index contributed by atoms with van der Waals surface area (Å²) >= 11 is 1.85. The fourth-order valence-corrected chi connectivity index (χ4v) is 4.03. The molecular formula is C18H24N2OS. The van der Waals surface area contributed by atoms with Crippen LogP contribution >= 0.6 is 11.3 Å². The lowest BCUT2D eigenvalue weighted by atomic mass is 9.96. The van der Waals surface area contributed by atoms with Crippen molar-refractivity contribution in [1.82, 2.24) is 9.88 Å². The first-order valence-corrected chi connectivity index (χ1v) is 8.95. The molecule has 1 aliphatic heterocycles. The predicted octanol–water partition coefficient (Wildman–Crippen LogP) is 3.76. The van der Waals surface area contributed by atoms with Gasteiger partial charge >= 0.3 is 0 Å². The standard InChI is InChI=1S/C18H24N2OS/c1-2-21-18(8-7-17-6-4-12-22-17)9-11-20(15-18)14-16-5-3-10-19-13-16/h3-6,10,12-13H,2,7-9,11,14-15H2,1H3. The van der Waals surface area contributed by atoms with Gasteiger partial charge in [0.05, 0.1) is 5.60 Å². The Labute approximate surface area is 137 Å². The smallest absolute Gasteiger partial charge is 0.0824 e. The third-order valence-corrected chi connectivity index (χ3v) is 5.32. The minimum Gasteiger partial charge on any atom is -0.374 e. The van der Waals surface area contributed by atoms with Gasteiger partial charge in [0.1, 0.15) is 0 Å². The van der Waals surface area contributed by atoms with Gasteiger partial charge in [-0.2, -0.15) is 0 Å². The SMILES string of the molecule is CCOC1(CCc2cccs2)CCN(Cc2cccnc2)C1. The highest BCUT2D eigenvalue weighted by Gasteiger charge is 2.38. The van der Waals surface area contributed by atoms with Crippen LogP contribution in [0.3, 0.4) is 0 Å². The Hall–Kier alpha value is -1.23. The second-order valence-electron chi connectivity index (χ2n) is 6.02. The minimum atomic E-state index is 0.0287. The molecule has 0 aliphatic carbocycles. The lowest BCUT2D eigenvalue weighted by Gasteiger charge is -2.29. The van der Waals surface area contributed by atoms with Crippen molar-refractivity contribution >= 4 is 11.3 Å². The van der Waals surface area contributed by atoms with Crippen LogP contribution in [0.2, 0.25) is 0 Å². The van der Waals surface area contributed by atoms with Crippen LogP contribution in [0.15, 0.2) is 42.0 Å². The molecule has 22 heavy (non-hydrogen) atoms. The zero-order chi connectivity index (χ0) is 15.3. The van der Waals surface area contributed by atoms with Gasteiger partial charge in [-0.25, -0.2) is 0 Å². The van der Waals surface area contributed by atoms with Gasteiger partial charge in [-0.05, 0) is 49.3 Å². The second-order valence-corrected chi connectivity index (χ2v) is 7.05. The number of nitrogens with zero attached hydrogens (tertiary/aromatic N) is 2. The molecule has 0 bridgehead atoms. The van der Waals surface area contributed by atoms with E-state index in [1.54, 1.807) is 0 Å². The van der Waals surface area contributed by atoms with Crippen molar-refractivity contribution in [2.24, 2.45) is 0 Å². The van der Waals surface area contributed by atoms with Crippen LogP contribution < -0.4 is 0 Å². The number of aromatic nitrogens is 1. The van der Waals surface area contributed by atoms with Crippen molar-refractivity contribution in [3.8, 4) is 0 Å². The first kappa shape index (κ1) is 15.7. The molecule has 4 heteroatoms. The number of ether oxygens (including phenoxy) is 1. The number of thiophene rings is 1. The summed E-state index contributed by atoms with van der Waals surface area (Å²) in [6.45, 7) is 6.02. The molecule has 0 spiro atoms. The summed E-state index contributed by atoms with van der Waals surface area (Å²) in [5, 5.41) is 2.16. The monoisotopic (exact) mass is 316 g/mol. The highest BCUT2D eigenvalue weighted by Crippen LogP contribution is 2.31. The molecule has 0 N–H and O–H groups in total. The highest BCUT2D eigenvalue weighted by atomic mass is 32.1. The lowest BCUT2D eigenvalue weighted by molar-refractivity contribution is -0.0370. The van der Waals surface area contributed by atoms with Crippen LogP contribution in [0.5, 0.6) is 0 Å². The molecule has 0 amide bonds. The first-order chi connectivity index (χ1) is 10.8. The Kier molecular flexibility index (Phi) is 5.24. The number of pyridine rings is 1. The average Bonchev–Trinajstić information content (AvgIpc) is 3.17. The zero-order valence-corrected chi connectivity index (χ0v) is 14.0. The average molecular weight is 316 g/mol. The van der Waals surface area contributed by atoms with Crippen molar-refractivity contribution in [2.45, 2.75) is 38.3 Å². The van der Waals surface area contributed by atoms with Gasteiger partial charge in [-0.15, -0.1) is 11.3 Å².